The van der Waals surface area contributed by atoms with E-state index in [2.05, 4.69) is 27.9 Å². The second-order valence-corrected chi connectivity index (χ2v) is 5.18. The fraction of sp³-hybridized carbons (Fsp3) is 0. The number of hydrogen-bond donors (Lipinski definition) is 1. The molecule has 0 unspecified atom stereocenters. The average Bonchev–Trinajstić information content (AvgIpc) is 2.32. The van der Waals surface area contributed by atoms with Gasteiger partial charge in [0.15, 0.2) is 0 Å². The van der Waals surface area contributed by atoms with Crippen LogP contribution < -0.4 is 5.32 Å². The van der Waals surface area contributed by atoms with Gasteiger partial charge in [0.05, 0.1) is 4.92 Å². The van der Waals surface area contributed by atoms with E-state index < -0.39 is 4.92 Å². The van der Waals surface area contributed by atoms with Crippen LogP contribution in [-0.2, 0) is 0 Å². The van der Waals surface area contributed by atoms with Crippen molar-refractivity contribution < 1.29 is 4.92 Å². The summed E-state index contributed by atoms with van der Waals surface area (Å²) in [6.45, 7) is 0. The van der Waals surface area contributed by atoms with Crippen molar-refractivity contribution in [3.63, 3.8) is 0 Å². The smallest absolute Gasteiger partial charge is 0.311 e. The van der Waals surface area contributed by atoms with E-state index >= 15 is 0 Å². The largest absolute Gasteiger partial charge is 0.350 e. The van der Waals surface area contributed by atoms with Crippen molar-refractivity contribution in [1.82, 2.24) is 0 Å². The third kappa shape index (κ3) is 2.91. The predicted molar refractivity (Wildman–Crippen MR) is 80.5 cm³/mol. The van der Waals surface area contributed by atoms with Gasteiger partial charge in [-0.25, -0.2) is 0 Å². The molecule has 0 heterocycles. The van der Waals surface area contributed by atoms with E-state index in [0.29, 0.717) is 5.69 Å². The van der Waals surface area contributed by atoms with Crippen LogP contribution in [0.15, 0.2) is 42.5 Å². The molecule has 0 aliphatic rings. The van der Waals surface area contributed by atoms with Gasteiger partial charge < -0.3 is 5.32 Å². The second-order valence-electron chi connectivity index (χ2n) is 3.53. The molecule has 0 bridgehead atoms. The minimum absolute atomic E-state index is 0.113. The van der Waals surface area contributed by atoms with Crippen LogP contribution >= 0.6 is 34.2 Å². The standard InChI is InChI=1S/C12H8ClIN2O2/c13-10-2-1-3-11(12(10)16(17)18)15-9-6-4-8(14)5-7-9/h1-7,15H. The average molecular weight is 375 g/mol. The first-order chi connectivity index (χ1) is 8.58. The van der Waals surface area contributed by atoms with E-state index in [1.807, 2.05) is 24.3 Å². The van der Waals surface area contributed by atoms with Crippen molar-refractivity contribution in [3.05, 3.63) is 61.2 Å². The maximum absolute atomic E-state index is 11.0. The summed E-state index contributed by atoms with van der Waals surface area (Å²) in [7, 11) is 0. The quantitative estimate of drug-likeness (QED) is 0.485. The van der Waals surface area contributed by atoms with Crippen LogP contribution in [0, 0.1) is 13.7 Å². The number of hydrogen-bond acceptors (Lipinski definition) is 3. The van der Waals surface area contributed by atoms with E-state index in [1.54, 1.807) is 12.1 Å². The molecule has 1 N–H and O–H groups in total. The van der Waals surface area contributed by atoms with Crippen LogP contribution in [0.5, 0.6) is 0 Å². The first kappa shape index (κ1) is 13.1. The van der Waals surface area contributed by atoms with E-state index in [4.69, 9.17) is 11.6 Å². The number of benzene rings is 2. The summed E-state index contributed by atoms with van der Waals surface area (Å²) in [4.78, 5) is 10.5. The highest BCUT2D eigenvalue weighted by atomic mass is 127. The molecule has 4 nitrogen and oxygen atoms in total. The van der Waals surface area contributed by atoms with Crippen molar-refractivity contribution >= 4 is 51.3 Å². The highest BCUT2D eigenvalue weighted by Crippen LogP contribution is 2.34. The molecule has 0 atom stereocenters. The highest BCUT2D eigenvalue weighted by molar-refractivity contribution is 14.1. The van der Waals surface area contributed by atoms with Gasteiger partial charge >= 0.3 is 5.69 Å². The molecular weight excluding hydrogens is 367 g/mol. The van der Waals surface area contributed by atoms with Crippen molar-refractivity contribution in [2.75, 3.05) is 5.32 Å². The SMILES string of the molecule is O=[N+]([O-])c1c(Cl)cccc1Nc1ccc(I)cc1. The Morgan fingerprint density at radius 3 is 2.44 bits per heavy atom. The number of nitro benzene ring substituents is 1. The number of para-hydroxylation sites is 1. The third-order valence-electron chi connectivity index (χ3n) is 2.29. The van der Waals surface area contributed by atoms with E-state index in [0.717, 1.165) is 9.26 Å². The lowest BCUT2D eigenvalue weighted by Crippen LogP contribution is -1.97. The molecule has 0 saturated carbocycles. The van der Waals surface area contributed by atoms with Crippen molar-refractivity contribution in [1.29, 1.82) is 0 Å². The molecule has 6 heteroatoms. The molecular formula is C12H8ClIN2O2. The molecule has 2 rings (SSSR count). The zero-order valence-electron chi connectivity index (χ0n) is 9.06. The first-order valence-corrected chi connectivity index (χ1v) is 6.49. The zero-order chi connectivity index (χ0) is 13.1. The maximum atomic E-state index is 11.0. The Labute approximate surface area is 122 Å². The topological polar surface area (TPSA) is 55.2 Å². The first-order valence-electron chi connectivity index (χ1n) is 5.03. The summed E-state index contributed by atoms with van der Waals surface area (Å²) < 4.78 is 1.10. The molecule has 0 aliphatic carbocycles. The summed E-state index contributed by atoms with van der Waals surface area (Å²) in [6.07, 6.45) is 0. The third-order valence-corrected chi connectivity index (χ3v) is 3.32. The Morgan fingerprint density at radius 2 is 1.83 bits per heavy atom. The van der Waals surface area contributed by atoms with Crippen molar-refractivity contribution in [2.45, 2.75) is 0 Å². The molecule has 0 aromatic heterocycles. The van der Waals surface area contributed by atoms with Gasteiger partial charge in [-0.05, 0) is 59.0 Å². The van der Waals surface area contributed by atoms with E-state index in [9.17, 15) is 10.1 Å². The fourth-order valence-electron chi connectivity index (χ4n) is 1.49. The number of halogens is 2. The zero-order valence-corrected chi connectivity index (χ0v) is 12.0. The van der Waals surface area contributed by atoms with E-state index in [1.165, 1.54) is 6.07 Å². The van der Waals surface area contributed by atoms with Gasteiger partial charge in [0.2, 0.25) is 0 Å². The summed E-state index contributed by atoms with van der Waals surface area (Å²) in [5.41, 5.74) is 1.05. The molecule has 0 aliphatic heterocycles. The highest BCUT2D eigenvalue weighted by Gasteiger charge is 2.18. The normalized spacial score (nSPS) is 10.1. The lowest BCUT2D eigenvalue weighted by molar-refractivity contribution is -0.383. The van der Waals surface area contributed by atoms with Crippen LogP contribution in [0.25, 0.3) is 0 Å². The van der Waals surface area contributed by atoms with Gasteiger partial charge in [-0.15, -0.1) is 0 Å². The summed E-state index contributed by atoms with van der Waals surface area (Å²) >= 11 is 8.03. The van der Waals surface area contributed by atoms with Gasteiger partial charge in [-0.1, -0.05) is 17.7 Å². The van der Waals surface area contributed by atoms with Gasteiger partial charge in [-0.2, -0.15) is 0 Å². The summed E-state index contributed by atoms with van der Waals surface area (Å²) in [6, 6.07) is 12.3. The molecule has 2 aromatic carbocycles. The number of nitrogens with zero attached hydrogens (tertiary/aromatic N) is 1. The second kappa shape index (κ2) is 5.53. The Bertz CT molecular complexity index is 587. The maximum Gasteiger partial charge on any atom is 0.311 e. The van der Waals surface area contributed by atoms with Crippen LogP contribution in [-0.4, -0.2) is 4.92 Å². The number of nitrogens with one attached hydrogen (secondary N) is 1. The van der Waals surface area contributed by atoms with Crippen LogP contribution in [0.3, 0.4) is 0 Å². The molecule has 0 radical (unpaired) electrons. The van der Waals surface area contributed by atoms with Crippen LogP contribution in [0.4, 0.5) is 17.1 Å². The molecule has 92 valence electrons. The van der Waals surface area contributed by atoms with Crippen molar-refractivity contribution in [2.24, 2.45) is 0 Å². The fourth-order valence-corrected chi connectivity index (χ4v) is 2.09. The molecule has 0 fully saturated rings. The molecule has 18 heavy (non-hydrogen) atoms. The minimum atomic E-state index is -0.489. The molecule has 0 saturated heterocycles. The lowest BCUT2D eigenvalue weighted by Gasteiger charge is -2.07. The van der Waals surface area contributed by atoms with Crippen LogP contribution in [0.2, 0.25) is 5.02 Å². The van der Waals surface area contributed by atoms with Gasteiger partial charge in [-0.3, -0.25) is 10.1 Å². The predicted octanol–water partition coefficient (Wildman–Crippen LogP) is 4.60. The van der Waals surface area contributed by atoms with Gasteiger partial charge in [0.1, 0.15) is 10.7 Å². The summed E-state index contributed by atoms with van der Waals surface area (Å²) in [5.74, 6) is 0. The monoisotopic (exact) mass is 374 g/mol. The Morgan fingerprint density at radius 1 is 1.17 bits per heavy atom. The Hall–Kier alpha value is -1.34. The molecule has 0 amide bonds. The Kier molecular flexibility index (Phi) is 4.03. The van der Waals surface area contributed by atoms with E-state index in [-0.39, 0.29) is 10.7 Å². The minimum Gasteiger partial charge on any atom is -0.350 e. The summed E-state index contributed by atoms with van der Waals surface area (Å²) in [5, 5.41) is 14.1. The van der Waals surface area contributed by atoms with Crippen LogP contribution in [0.1, 0.15) is 0 Å². The lowest BCUT2D eigenvalue weighted by atomic mass is 10.2. The number of rotatable bonds is 3. The number of anilines is 2. The molecule has 0 spiro atoms. The van der Waals surface area contributed by atoms with Crippen molar-refractivity contribution in [3.8, 4) is 0 Å². The van der Waals surface area contributed by atoms with Gasteiger partial charge in [0.25, 0.3) is 0 Å². The molecule has 2 aromatic rings. The Balaban J connectivity index is 2.37. The van der Waals surface area contributed by atoms with Gasteiger partial charge in [0, 0.05) is 9.26 Å². The number of nitro groups is 1.